The molecule has 1 heterocycles. The van der Waals surface area contributed by atoms with Crippen molar-refractivity contribution in [2.75, 3.05) is 13.7 Å². The van der Waals surface area contributed by atoms with Crippen molar-refractivity contribution in [3.63, 3.8) is 0 Å². The Morgan fingerprint density at radius 1 is 1.70 bits per heavy atom. The van der Waals surface area contributed by atoms with Gasteiger partial charge in [0.25, 0.3) is 0 Å². The second-order valence-corrected chi connectivity index (χ2v) is 2.37. The lowest BCUT2D eigenvalue weighted by Crippen LogP contribution is -2.34. The zero-order valence-corrected chi connectivity index (χ0v) is 6.17. The van der Waals surface area contributed by atoms with Crippen molar-refractivity contribution in [3.8, 4) is 12.3 Å². The van der Waals surface area contributed by atoms with Crippen molar-refractivity contribution in [2.45, 2.75) is 25.0 Å². The summed E-state index contributed by atoms with van der Waals surface area (Å²) in [5.74, 6) is 2.56. The second-order valence-electron chi connectivity index (χ2n) is 2.37. The minimum atomic E-state index is -0.126. The topological polar surface area (TPSA) is 18.5 Å². The summed E-state index contributed by atoms with van der Waals surface area (Å²) in [5, 5.41) is 0. The molecule has 1 saturated heterocycles. The highest BCUT2D eigenvalue weighted by atomic mass is 16.5. The summed E-state index contributed by atoms with van der Waals surface area (Å²) < 4.78 is 10.4. The fourth-order valence-electron chi connectivity index (χ4n) is 1.15. The lowest BCUT2D eigenvalue weighted by Gasteiger charge is -2.26. The Morgan fingerprint density at radius 3 is 3.00 bits per heavy atom. The molecule has 0 aromatic carbocycles. The second kappa shape index (κ2) is 3.60. The number of terminal acetylenes is 1. The summed E-state index contributed by atoms with van der Waals surface area (Å²) in [6, 6.07) is 0. The largest absolute Gasteiger partial charge is 0.378 e. The highest BCUT2D eigenvalue weighted by Crippen LogP contribution is 2.15. The average Bonchev–Trinajstić information content (AvgIpc) is 2.04. The van der Waals surface area contributed by atoms with Crippen LogP contribution in [0, 0.1) is 12.3 Å². The smallest absolute Gasteiger partial charge is 0.143 e. The summed E-state index contributed by atoms with van der Waals surface area (Å²) in [7, 11) is 1.67. The van der Waals surface area contributed by atoms with Gasteiger partial charge in [0.2, 0.25) is 0 Å². The summed E-state index contributed by atoms with van der Waals surface area (Å²) in [6.45, 7) is 0.773. The van der Waals surface area contributed by atoms with Crippen LogP contribution in [0.25, 0.3) is 0 Å². The molecule has 2 atom stereocenters. The van der Waals surface area contributed by atoms with Gasteiger partial charge in [-0.1, -0.05) is 5.92 Å². The Labute approximate surface area is 61.5 Å². The molecule has 2 nitrogen and oxygen atoms in total. The molecule has 0 bridgehead atoms. The Balaban J connectivity index is 2.44. The van der Waals surface area contributed by atoms with E-state index >= 15 is 0 Å². The molecule has 2 heteroatoms. The maximum Gasteiger partial charge on any atom is 0.143 e. The van der Waals surface area contributed by atoms with Gasteiger partial charge in [-0.2, -0.15) is 0 Å². The molecule has 0 amide bonds. The first-order valence-electron chi connectivity index (χ1n) is 3.49. The van der Waals surface area contributed by atoms with Gasteiger partial charge in [0.15, 0.2) is 0 Å². The Hall–Kier alpha value is -0.520. The molecule has 0 spiro atoms. The van der Waals surface area contributed by atoms with Gasteiger partial charge < -0.3 is 9.47 Å². The maximum atomic E-state index is 5.27. The molecule has 10 heavy (non-hydrogen) atoms. The molecule has 0 aromatic rings. The highest BCUT2D eigenvalue weighted by molar-refractivity contribution is 5.00. The van der Waals surface area contributed by atoms with Gasteiger partial charge in [0, 0.05) is 13.7 Å². The SMILES string of the molecule is C#C[C@@H]1OCCC[C@H]1OC. The molecule has 1 aliphatic heterocycles. The average molecular weight is 140 g/mol. The molecule has 0 N–H and O–H groups in total. The Morgan fingerprint density at radius 2 is 2.50 bits per heavy atom. The fraction of sp³-hybridized carbons (Fsp3) is 0.750. The number of ether oxygens (including phenoxy) is 2. The molecule has 0 aromatic heterocycles. The molecule has 0 aliphatic carbocycles. The van der Waals surface area contributed by atoms with Gasteiger partial charge in [-0.3, -0.25) is 0 Å². The zero-order valence-electron chi connectivity index (χ0n) is 6.17. The highest BCUT2D eigenvalue weighted by Gasteiger charge is 2.23. The number of rotatable bonds is 1. The summed E-state index contributed by atoms with van der Waals surface area (Å²) in [6.07, 6.45) is 7.27. The van der Waals surface area contributed by atoms with Crippen LogP contribution in [0.4, 0.5) is 0 Å². The van der Waals surface area contributed by atoms with Crippen LogP contribution in [-0.2, 0) is 9.47 Å². The van der Waals surface area contributed by atoms with E-state index in [1.807, 2.05) is 0 Å². The summed E-state index contributed by atoms with van der Waals surface area (Å²) >= 11 is 0. The van der Waals surface area contributed by atoms with E-state index in [0.29, 0.717) is 0 Å². The van der Waals surface area contributed by atoms with E-state index in [-0.39, 0.29) is 12.2 Å². The lowest BCUT2D eigenvalue weighted by molar-refractivity contribution is -0.0631. The van der Waals surface area contributed by atoms with Gasteiger partial charge in [0.05, 0.1) is 6.10 Å². The number of methoxy groups -OCH3 is 1. The third kappa shape index (κ3) is 1.50. The summed E-state index contributed by atoms with van der Waals surface area (Å²) in [5.41, 5.74) is 0. The van der Waals surface area contributed by atoms with Gasteiger partial charge in [-0.15, -0.1) is 6.42 Å². The fourth-order valence-corrected chi connectivity index (χ4v) is 1.15. The minimum absolute atomic E-state index is 0.110. The third-order valence-electron chi connectivity index (χ3n) is 1.74. The van der Waals surface area contributed by atoms with Crippen molar-refractivity contribution < 1.29 is 9.47 Å². The van der Waals surface area contributed by atoms with Gasteiger partial charge in [-0.25, -0.2) is 0 Å². The van der Waals surface area contributed by atoms with Gasteiger partial charge in [0.1, 0.15) is 6.10 Å². The van der Waals surface area contributed by atoms with E-state index < -0.39 is 0 Å². The Kier molecular flexibility index (Phi) is 2.73. The first kappa shape index (κ1) is 7.59. The quantitative estimate of drug-likeness (QED) is 0.502. The molecular weight excluding hydrogens is 128 g/mol. The van der Waals surface area contributed by atoms with E-state index in [1.165, 1.54) is 0 Å². The van der Waals surface area contributed by atoms with E-state index in [0.717, 1.165) is 19.4 Å². The van der Waals surface area contributed by atoms with Crippen LogP contribution in [-0.4, -0.2) is 25.9 Å². The molecule has 1 aliphatic rings. The number of hydrogen-bond acceptors (Lipinski definition) is 2. The normalized spacial score (nSPS) is 33.2. The standard InChI is InChI=1S/C8H12O2/c1-3-7-8(9-2)5-4-6-10-7/h1,7-8H,4-6H2,2H3/t7-,8+/m0/s1. The van der Waals surface area contributed by atoms with Crippen LogP contribution in [0.5, 0.6) is 0 Å². The molecule has 1 fully saturated rings. The van der Waals surface area contributed by atoms with Crippen LogP contribution in [0.15, 0.2) is 0 Å². The van der Waals surface area contributed by atoms with Gasteiger partial charge in [-0.05, 0) is 12.8 Å². The van der Waals surface area contributed by atoms with Crippen LogP contribution in [0.3, 0.4) is 0 Å². The molecule has 0 unspecified atom stereocenters. The first-order chi connectivity index (χ1) is 4.88. The van der Waals surface area contributed by atoms with Crippen LogP contribution >= 0.6 is 0 Å². The molecule has 0 radical (unpaired) electrons. The molecule has 56 valence electrons. The van der Waals surface area contributed by atoms with Crippen molar-refractivity contribution in [3.05, 3.63) is 0 Å². The van der Waals surface area contributed by atoms with E-state index in [9.17, 15) is 0 Å². The van der Waals surface area contributed by atoms with Gasteiger partial charge >= 0.3 is 0 Å². The molecule has 0 saturated carbocycles. The van der Waals surface area contributed by atoms with Crippen molar-refractivity contribution in [1.29, 1.82) is 0 Å². The maximum absolute atomic E-state index is 5.27. The van der Waals surface area contributed by atoms with Crippen LogP contribution < -0.4 is 0 Å². The van der Waals surface area contributed by atoms with Crippen molar-refractivity contribution in [2.24, 2.45) is 0 Å². The van der Waals surface area contributed by atoms with Crippen LogP contribution in [0.2, 0.25) is 0 Å². The molecule has 1 rings (SSSR count). The lowest BCUT2D eigenvalue weighted by atomic mass is 10.1. The van der Waals surface area contributed by atoms with E-state index in [1.54, 1.807) is 7.11 Å². The van der Waals surface area contributed by atoms with Crippen molar-refractivity contribution >= 4 is 0 Å². The minimum Gasteiger partial charge on any atom is -0.378 e. The van der Waals surface area contributed by atoms with E-state index in [4.69, 9.17) is 15.9 Å². The monoisotopic (exact) mass is 140 g/mol. The zero-order chi connectivity index (χ0) is 7.40. The number of hydrogen-bond donors (Lipinski definition) is 0. The van der Waals surface area contributed by atoms with Crippen molar-refractivity contribution in [1.82, 2.24) is 0 Å². The van der Waals surface area contributed by atoms with E-state index in [2.05, 4.69) is 5.92 Å². The predicted molar refractivity (Wildman–Crippen MR) is 38.6 cm³/mol. The summed E-state index contributed by atoms with van der Waals surface area (Å²) in [4.78, 5) is 0. The third-order valence-corrected chi connectivity index (χ3v) is 1.74. The molecular formula is C8H12O2. The Bertz CT molecular complexity index is 137. The van der Waals surface area contributed by atoms with Crippen LogP contribution in [0.1, 0.15) is 12.8 Å². The predicted octanol–water partition coefficient (Wildman–Crippen LogP) is 0.814. The first-order valence-corrected chi connectivity index (χ1v) is 3.49.